The molecule has 0 unspecified atom stereocenters. The number of imidazole rings is 1. The predicted octanol–water partition coefficient (Wildman–Crippen LogP) is 1.31. The monoisotopic (exact) mass is 275 g/mol. The minimum Gasteiger partial charge on any atom is -0.469 e. The SMILES string of the molecule is COC(=O)C[C@H]1CC[C@@H](n2cnc3c(N)ncnc32)C1. The number of esters is 1. The molecule has 1 fully saturated rings. The summed E-state index contributed by atoms with van der Waals surface area (Å²) in [6, 6.07) is 0.309. The number of nitrogen functional groups attached to an aromatic ring is 1. The molecule has 20 heavy (non-hydrogen) atoms. The number of hydrogen-bond donors (Lipinski definition) is 1. The smallest absolute Gasteiger partial charge is 0.305 e. The van der Waals surface area contributed by atoms with Crippen LogP contribution in [0.25, 0.3) is 11.2 Å². The molecule has 106 valence electrons. The lowest BCUT2D eigenvalue weighted by molar-refractivity contribution is -0.141. The number of hydrogen-bond acceptors (Lipinski definition) is 6. The van der Waals surface area contributed by atoms with Crippen LogP contribution in [0.3, 0.4) is 0 Å². The fourth-order valence-corrected chi connectivity index (χ4v) is 2.94. The van der Waals surface area contributed by atoms with Gasteiger partial charge in [-0.3, -0.25) is 4.79 Å². The summed E-state index contributed by atoms with van der Waals surface area (Å²) >= 11 is 0. The minimum absolute atomic E-state index is 0.141. The molecule has 0 aromatic carbocycles. The normalized spacial score (nSPS) is 22.2. The van der Waals surface area contributed by atoms with Gasteiger partial charge in [0.2, 0.25) is 0 Å². The molecule has 1 saturated carbocycles. The van der Waals surface area contributed by atoms with Crippen LogP contribution in [0.1, 0.15) is 31.7 Å². The molecular weight excluding hydrogens is 258 g/mol. The number of aromatic nitrogens is 4. The van der Waals surface area contributed by atoms with Crippen LogP contribution in [-0.2, 0) is 9.53 Å². The second-order valence-corrected chi connectivity index (χ2v) is 5.20. The van der Waals surface area contributed by atoms with Crippen LogP contribution in [0.4, 0.5) is 5.82 Å². The number of nitrogens with two attached hydrogens (primary N) is 1. The fourth-order valence-electron chi connectivity index (χ4n) is 2.94. The van der Waals surface area contributed by atoms with Gasteiger partial charge in [-0.25, -0.2) is 15.0 Å². The van der Waals surface area contributed by atoms with Crippen molar-refractivity contribution < 1.29 is 9.53 Å². The first-order chi connectivity index (χ1) is 9.69. The Hall–Kier alpha value is -2.18. The van der Waals surface area contributed by atoms with E-state index in [2.05, 4.69) is 15.0 Å². The number of anilines is 1. The molecule has 2 heterocycles. The first-order valence-corrected chi connectivity index (χ1v) is 6.69. The maximum Gasteiger partial charge on any atom is 0.305 e. The van der Waals surface area contributed by atoms with Crippen molar-refractivity contribution in [2.24, 2.45) is 5.92 Å². The lowest BCUT2D eigenvalue weighted by Gasteiger charge is -2.12. The van der Waals surface area contributed by atoms with Crippen molar-refractivity contribution in [2.45, 2.75) is 31.7 Å². The second kappa shape index (κ2) is 5.07. The molecule has 2 aromatic heterocycles. The van der Waals surface area contributed by atoms with Gasteiger partial charge in [-0.2, -0.15) is 0 Å². The number of nitrogens with zero attached hydrogens (tertiary/aromatic N) is 4. The van der Waals surface area contributed by atoms with Gasteiger partial charge in [0.05, 0.1) is 13.4 Å². The van der Waals surface area contributed by atoms with Crippen molar-refractivity contribution in [1.82, 2.24) is 19.5 Å². The van der Waals surface area contributed by atoms with Crippen LogP contribution in [0.2, 0.25) is 0 Å². The standard InChI is InChI=1S/C13H17N5O2/c1-20-10(19)5-8-2-3-9(4-8)18-7-17-11-12(14)15-6-16-13(11)18/h6-9H,2-5H2,1H3,(H2,14,15,16)/t8-,9+/m0/s1. The second-order valence-electron chi connectivity index (χ2n) is 5.20. The minimum atomic E-state index is -0.141. The summed E-state index contributed by atoms with van der Waals surface area (Å²) in [5.74, 6) is 0.625. The number of carbonyl (C=O) groups is 1. The summed E-state index contributed by atoms with van der Waals surface area (Å²) in [5, 5.41) is 0. The number of methoxy groups -OCH3 is 1. The zero-order chi connectivity index (χ0) is 14.1. The highest BCUT2D eigenvalue weighted by Gasteiger charge is 2.29. The molecule has 3 rings (SSSR count). The highest BCUT2D eigenvalue weighted by atomic mass is 16.5. The van der Waals surface area contributed by atoms with E-state index in [1.807, 2.05) is 4.57 Å². The van der Waals surface area contributed by atoms with Gasteiger partial charge in [0.1, 0.15) is 11.8 Å². The van der Waals surface area contributed by atoms with Crippen molar-refractivity contribution in [2.75, 3.05) is 12.8 Å². The summed E-state index contributed by atoms with van der Waals surface area (Å²) in [7, 11) is 1.43. The quantitative estimate of drug-likeness (QED) is 0.848. The Labute approximate surface area is 116 Å². The zero-order valence-corrected chi connectivity index (χ0v) is 11.3. The predicted molar refractivity (Wildman–Crippen MR) is 72.7 cm³/mol. The average Bonchev–Trinajstić information content (AvgIpc) is 3.05. The van der Waals surface area contributed by atoms with Crippen LogP contribution in [-0.4, -0.2) is 32.6 Å². The summed E-state index contributed by atoms with van der Waals surface area (Å²) in [4.78, 5) is 23.8. The number of carbonyl (C=O) groups excluding carboxylic acids is 1. The van der Waals surface area contributed by atoms with E-state index < -0.39 is 0 Å². The van der Waals surface area contributed by atoms with E-state index in [-0.39, 0.29) is 5.97 Å². The number of fused-ring (bicyclic) bond motifs is 1. The van der Waals surface area contributed by atoms with Gasteiger partial charge in [0.25, 0.3) is 0 Å². The van der Waals surface area contributed by atoms with Crippen LogP contribution in [0, 0.1) is 5.92 Å². The van der Waals surface area contributed by atoms with E-state index in [1.165, 1.54) is 13.4 Å². The number of ether oxygens (including phenoxy) is 1. The van der Waals surface area contributed by atoms with Gasteiger partial charge in [-0.05, 0) is 25.2 Å². The van der Waals surface area contributed by atoms with Gasteiger partial charge >= 0.3 is 5.97 Å². The Balaban J connectivity index is 1.80. The first-order valence-electron chi connectivity index (χ1n) is 6.69. The molecule has 0 amide bonds. The summed E-state index contributed by atoms with van der Waals surface area (Å²) < 4.78 is 6.78. The van der Waals surface area contributed by atoms with E-state index in [4.69, 9.17) is 10.5 Å². The molecule has 2 aromatic rings. The molecule has 7 nitrogen and oxygen atoms in total. The van der Waals surface area contributed by atoms with Gasteiger partial charge in [0, 0.05) is 12.5 Å². The van der Waals surface area contributed by atoms with Crippen molar-refractivity contribution in [3.05, 3.63) is 12.7 Å². The van der Waals surface area contributed by atoms with Crippen molar-refractivity contribution in [3.8, 4) is 0 Å². The molecule has 7 heteroatoms. The Morgan fingerprint density at radius 1 is 1.45 bits per heavy atom. The van der Waals surface area contributed by atoms with E-state index in [1.54, 1.807) is 6.33 Å². The van der Waals surface area contributed by atoms with E-state index in [9.17, 15) is 4.79 Å². The van der Waals surface area contributed by atoms with Gasteiger partial charge in [0.15, 0.2) is 11.5 Å². The third-order valence-corrected chi connectivity index (χ3v) is 3.98. The highest BCUT2D eigenvalue weighted by Crippen LogP contribution is 2.37. The fraction of sp³-hybridized carbons (Fsp3) is 0.538. The van der Waals surface area contributed by atoms with Crippen LogP contribution in [0.15, 0.2) is 12.7 Å². The van der Waals surface area contributed by atoms with Crippen molar-refractivity contribution in [1.29, 1.82) is 0 Å². The lowest BCUT2D eigenvalue weighted by atomic mass is 10.0. The average molecular weight is 275 g/mol. The largest absolute Gasteiger partial charge is 0.469 e. The molecular formula is C13H17N5O2. The molecule has 2 atom stereocenters. The lowest BCUT2D eigenvalue weighted by Crippen LogP contribution is -2.09. The van der Waals surface area contributed by atoms with Crippen molar-refractivity contribution in [3.63, 3.8) is 0 Å². The van der Waals surface area contributed by atoms with Crippen molar-refractivity contribution >= 4 is 23.0 Å². The third kappa shape index (κ3) is 2.19. The van der Waals surface area contributed by atoms with Crippen LogP contribution >= 0.6 is 0 Å². The Morgan fingerprint density at radius 2 is 2.30 bits per heavy atom. The summed E-state index contributed by atoms with van der Waals surface area (Å²) in [6.07, 6.45) is 6.66. The summed E-state index contributed by atoms with van der Waals surface area (Å²) in [6.45, 7) is 0. The van der Waals surface area contributed by atoms with Gasteiger partial charge in [-0.15, -0.1) is 0 Å². The maximum absolute atomic E-state index is 11.3. The topological polar surface area (TPSA) is 95.9 Å². The number of rotatable bonds is 3. The molecule has 2 N–H and O–H groups in total. The molecule has 0 aliphatic heterocycles. The van der Waals surface area contributed by atoms with Crippen LogP contribution < -0.4 is 5.73 Å². The zero-order valence-electron chi connectivity index (χ0n) is 11.3. The highest BCUT2D eigenvalue weighted by molar-refractivity contribution is 5.81. The van der Waals surface area contributed by atoms with E-state index in [0.29, 0.717) is 29.7 Å². The Kier molecular flexibility index (Phi) is 3.25. The molecule has 1 aliphatic rings. The Morgan fingerprint density at radius 3 is 3.10 bits per heavy atom. The molecule has 1 aliphatic carbocycles. The van der Waals surface area contributed by atoms with E-state index in [0.717, 1.165) is 24.9 Å². The Bertz CT molecular complexity index is 639. The summed E-state index contributed by atoms with van der Waals surface area (Å²) in [5.41, 5.74) is 7.20. The third-order valence-electron chi connectivity index (χ3n) is 3.98. The molecule has 0 bridgehead atoms. The molecule has 0 radical (unpaired) electrons. The van der Waals surface area contributed by atoms with Crippen LogP contribution in [0.5, 0.6) is 0 Å². The maximum atomic E-state index is 11.3. The first kappa shape index (κ1) is 12.8. The van der Waals surface area contributed by atoms with E-state index >= 15 is 0 Å². The van der Waals surface area contributed by atoms with Gasteiger partial charge in [-0.1, -0.05) is 0 Å². The molecule has 0 saturated heterocycles. The van der Waals surface area contributed by atoms with Gasteiger partial charge < -0.3 is 15.0 Å². The molecule has 0 spiro atoms.